The van der Waals surface area contributed by atoms with Gasteiger partial charge in [0.1, 0.15) is 5.75 Å². The second kappa shape index (κ2) is 11.3. The Morgan fingerprint density at radius 3 is 2.36 bits per heavy atom. The van der Waals surface area contributed by atoms with Crippen molar-refractivity contribution in [2.24, 2.45) is 0 Å². The molecule has 8 nitrogen and oxygen atoms in total. The molecule has 0 saturated carbocycles. The Kier molecular flexibility index (Phi) is 8.11. The Balaban J connectivity index is 1.59. The normalized spacial score (nSPS) is 14.6. The minimum atomic E-state index is -4.75. The van der Waals surface area contributed by atoms with Gasteiger partial charge in [0.15, 0.2) is 15.8 Å². The molecule has 0 aliphatic carbocycles. The van der Waals surface area contributed by atoms with Crippen LogP contribution in [-0.4, -0.2) is 28.9 Å². The summed E-state index contributed by atoms with van der Waals surface area (Å²) in [5.41, 5.74) is -0.905. The molecular weight excluding hydrogens is 557 g/mol. The molecule has 0 unspecified atom stereocenters. The van der Waals surface area contributed by atoms with Gasteiger partial charge < -0.3 is 14.2 Å². The van der Waals surface area contributed by atoms with Crippen molar-refractivity contribution in [2.45, 2.75) is 13.1 Å². The minimum absolute atomic E-state index is 0.0273. The Hall–Kier alpha value is -4.10. The molecule has 0 atom stereocenters. The fraction of sp³-hybridized carbons (Fsp3) is 0.154. The molecule has 4 rings (SSSR count). The summed E-state index contributed by atoms with van der Waals surface area (Å²) in [6.45, 7) is 2.38. The molecule has 0 spiro atoms. The zero-order chi connectivity index (χ0) is 28.3. The minimum Gasteiger partial charge on any atom is -0.494 e. The molecule has 0 aromatic heterocycles. The molecular formula is C26H19F3N2O6S2. The summed E-state index contributed by atoms with van der Waals surface area (Å²) in [7, 11) is 1.33. The number of anilines is 1. The number of ether oxygens (including phenoxy) is 3. The van der Waals surface area contributed by atoms with Gasteiger partial charge >= 0.3 is 11.9 Å². The average Bonchev–Trinajstić information content (AvgIpc) is 3.17. The van der Waals surface area contributed by atoms with E-state index in [0.29, 0.717) is 45.0 Å². The lowest BCUT2D eigenvalue weighted by Gasteiger charge is -2.15. The van der Waals surface area contributed by atoms with Crippen LogP contribution in [0.25, 0.3) is 6.08 Å². The van der Waals surface area contributed by atoms with Crippen LogP contribution in [0.2, 0.25) is 0 Å². The summed E-state index contributed by atoms with van der Waals surface area (Å²) in [5.74, 6) is 0.113. The Morgan fingerprint density at radius 1 is 1.05 bits per heavy atom. The molecule has 39 heavy (non-hydrogen) atoms. The summed E-state index contributed by atoms with van der Waals surface area (Å²) < 4.78 is 55.7. The molecule has 0 bridgehead atoms. The van der Waals surface area contributed by atoms with Crippen LogP contribution >= 0.6 is 24.0 Å². The summed E-state index contributed by atoms with van der Waals surface area (Å²) in [6.07, 6.45) is -3.16. The van der Waals surface area contributed by atoms with Gasteiger partial charge in [-0.3, -0.25) is 19.8 Å². The zero-order valence-corrected chi connectivity index (χ0v) is 22.0. The first-order valence-corrected chi connectivity index (χ1v) is 12.5. The zero-order valence-electron chi connectivity index (χ0n) is 20.4. The van der Waals surface area contributed by atoms with Gasteiger partial charge in [-0.1, -0.05) is 30.0 Å². The molecule has 1 saturated heterocycles. The van der Waals surface area contributed by atoms with Crippen molar-refractivity contribution in [3.63, 3.8) is 0 Å². The molecule has 0 radical (unpaired) electrons. The van der Waals surface area contributed by atoms with Crippen molar-refractivity contribution >= 4 is 51.7 Å². The third-order valence-electron chi connectivity index (χ3n) is 5.39. The van der Waals surface area contributed by atoms with Gasteiger partial charge in [0.25, 0.3) is 5.91 Å². The third-order valence-corrected chi connectivity index (χ3v) is 6.69. The topological polar surface area (TPSA) is 91.1 Å². The monoisotopic (exact) mass is 576 g/mol. The third kappa shape index (κ3) is 6.15. The maximum atomic E-state index is 13.1. The molecule has 3 aromatic carbocycles. The predicted octanol–water partition coefficient (Wildman–Crippen LogP) is 7.22. The summed E-state index contributed by atoms with van der Waals surface area (Å²) in [6, 6.07) is 13.4. The number of methoxy groups -OCH3 is 1. The molecule has 1 heterocycles. The number of nitro benzene ring substituents is 1. The van der Waals surface area contributed by atoms with Crippen LogP contribution in [0.15, 0.2) is 65.6 Å². The predicted molar refractivity (Wildman–Crippen MR) is 144 cm³/mol. The Labute approximate surface area is 230 Å². The summed E-state index contributed by atoms with van der Waals surface area (Å²) in [5, 5.41) is 11.4. The maximum Gasteiger partial charge on any atom is 0.416 e. The van der Waals surface area contributed by atoms with Gasteiger partial charge in [-0.15, -0.1) is 0 Å². The highest BCUT2D eigenvalue weighted by molar-refractivity contribution is 8.27. The van der Waals surface area contributed by atoms with Crippen LogP contribution in [0.5, 0.6) is 23.0 Å². The van der Waals surface area contributed by atoms with Crippen molar-refractivity contribution in [1.29, 1.82) is 0 Å². The van der Waals surface area contributed by atoms with Crippen LogP contribution in [0.3, 0.4) is 0 Å². The number of alkyl halides is 3. The molecule has 202 valence electrons. The fourth-order valence-corrected chi connectivity index (χ4v) is 4.90. The SMILES string of the molecule is CCOc1ccc(N2C(=O)/C(=C\c3ccc(Oc4ccc(C(F)(F)F)cc4[N+](=O)[O-])c(OC)c3)SC2=S)cc1. The molecule has 1 aliphatic heterocycles. The largest absolute Gasteiger partial charge is 0.494 e. The van der Waals surface area contributed by atoms with Gasteiger partial charge in [0.05, 0.1) is 34.8 Å². The van der Waals surface area contributed by atoms with Gasteiger partial charge in [-0.05, 0) is 67.1 Å². The van der Waals surface area contributed by atoms with Crippen molar-refractivity contribution < 1.29 is 37.1 Å². The highest BCUT2D eigenvalue weighted by Crippen LogP contribution is 2.41. The van der Waals surface area contributed by atoms with Crippen molar-refractivity contribution in [1.82, 2.24) is 0 Å². The highest BCUT2D eigenvalue weighted by atomic mass is 32.2. The van der Waals surface area contributed by atoms with Crippen LogP contribution < -0.4 is 19.1 Å². The van der Waals surface area contributed by atoms with E-state index in [1.165, 1.54) is 24.1 Å². The van der Waals surface area contributed by atoms with Gasteiger partial charge in [-0.2, -0.15) is 13.2 Å². The molecule has 0 N–H and O–H groups in total. The summed E-state index contributed by atoms with van der Waals surface area (Å²) in [4.78, 5) is 25.3. The number of rotatable bonds is 8. The maximum absolute atomic E-state index is 13.1. The van der Waals surface area contributed by atoms with Crippen molar-refractivity contribution in [2.75, 3.05) is 18.6 Å². The van der Waals surface area contributed by atoms with E-state index in [2.05, 4.69) is 0 Å². The smallest absolute Gasteiger partial charge is 0.416 e. The van der Waals surface area contributed by atoms with E-state index < -0.39 is 28.1 Å². The van der Waals surface area contributed by atoms with E-state index in [0.717, 1.165) is 17.8 Å². The van der Waals surface area contributed by atoms with E-state index in [9.17, 15) is 28.1 Å². The Morgan fingerprint density at radius 2 is 1.74 bits per heavy atom. The summed E-state index contributed by atoms with van der Waals surface area (Å²) >= 11 is 6.52. The first-order chi connectivity index (χ1) is 18.5. The number of carbonyl (C=O) groups excluding carboxylic acids is 1. The lowest BCUT2D eigenvalue weighted by Crippen LogP contribution is -2.27. The van der Waals surface area contributed by atoms with Crippen LogP contribution in [-0.2, 0) is 11.0 Å². The molecule has 3 aromatic rings. The van der Waals surface area contributed by atoms with Crippen LogP contribution in [0.1, 0.15) is 18.1 Å². The van der Waals surface area contributed by atoms with Gasteiger partial charge in [-0.25, -0.2) is 0 Å². The number of nitrogens with zero attached hydrogens (tertiary/aromatic N) is 2. The van der Waals surface area contributed by atoms with Crippen molar-refractivity contribution in [3.8, 4) is 23.0 Å². The molecule has 13 heteroatoms. The number of thioether (sulfide) groups is 1. The van der Waals surface area contributed by atoms with Crippen LogP contribution in [0.4, 0.5) is 24.5 Å². The van der Waals surface area contributed by atoms with Crippen LogP contribution in [0, 0.1) is 10.1 Å². The lowest BCUT2D eigenvalue weighted by molar-refractivity contribution is -0.385. The number of carbonyl (C=O) groups is 1. The highest BCUT2D eigenvalue weighted by Gasteiger charge is 2.34. The molecule has 1 aliphatic rings. The molecule has 1 amide bonds. The standard InChI is InChI=1S/C26H19F3N2O6S2/c1-3-36-18-8-6-17(7-9-18)30-24(32)23(39-25(30)38)13-15-4-10-21(22(12-15)35-2)37-20-11-5-16(26(27,28)29)14-19(20)31(33)34/h4-14H,3H2,1-2H3/b23-13+. The van der Waals surface area contributed by atoms with Crippen molar-refractivity contribution in [3.05, 3.63) is 86.8 Å². The number of hydrogen-bond acceptors (Lipinski definition) is 8. The van der Waals surface area contributed by atoms with E-state index in [-0.39, 0.29) is 17.4 Å². The fourth-order valence-electron chi connectivity index (χ4n) is 3.60. The lowest BCUT2D eigenvalue weighted by atomic mass is 10.1. The number of halogens is 3. The first-order valence-electron chi connectivity index (χ1n) is 11.2. The number of nitro groups is 1. The van der Waals surface area contributed by atoms with Gasteiger partial charge in [0, 0.05) is 6.07 Å². The van der Waals surface area contributed by atoms with E-state index in [1.54, 1.807) is 36.4 Å². The average molecular weight is 577 g/mol. The number of thiocarbonyl (C=S) groups is 1. The Bertz CT molecular complexity index is 1480. The second-order valence-corrected chi connectivity index (χ2v) is 9.57. The van der Waals surface area contributed by atoms with E-state index in [1.807, 2.05) is 6.92 Å². The number of benzene rings is 3. The second-order valence-electron chi connectivity index (χ2n) is 7.89. The van der Waals surface area contributed by atoms with Gasteiger partial charge in [0.2, 0.25) is 5.75 Å². The first kappa shape index (κ1) is 27.9. The van der Waals surface area contributed by atoms with E-state index >= 15 is 0 Å². The number of amides is 1. The molecule has 1 fully saturated rings. The van der Waals surface area contributed by atoms with E-state index in [4.69, 9.17) is 26.4 Å². The quantitative estimate of drug-likeness (QED) is 0.120. The number of hydrogen-bond donors (Lipinski definition) is 0.